The number of benzene rings is 1. The molecule has 0 radical (unpaired) electrons. The maximum absolute atomic E-state index is 11.1. The Morgan fingerprint density at radius 2 is 1.81 bits per heavy atom. The van der Waals surface area contributed by atoms with Crippen LogP contribution in [0.2, 0.25) is 0 Å². The lowest BCUT2D eigenvalue weighted by atomic mass is 10.0. The Bertz CT molecular complexity index is 446. The van der Waals surface area contributed by atoms with Crippen LogP contribution in [-0.2, 0) is 17.4 Å². The lowest BCUT2D eigenvalue weighted by Gasteiger charge is -2.32. The predicted octanol–water partition coefficient (Wildman–Crippen LogP) is 0.683. The molecule has 0 unspecified atom stereocenters. The molecule has 86 valence electrons. The van der Waals surface area contributed by atoms with Crippen molar-refractivity contribution in [3.63, 3.8) is 0 Å². The van der Waals surface area contributed by atoms with E-state index < -0.39 is 7.60 Å². The van der Waals surface area contributed by atoms with E-state index in [1.807, 2.05) is 0 Å². The first-order chi connectivity index (χ1) is 7.50. The summed E-state index contributed by atoms with van der Waals surface area (Å²) in [4.78, 5) is 22.2. The highest BCUT2D eigenvalue weighted by Crippen LogP contribution is 2.26. The molecule has 0 saturated carbocycles. The van der Waals surface area contributed by atoms with Crippen LogP contribution < -0.4 is 15.1 Å². The van der Waals surface area contributed by atoms with Gasteiger partial charge in [0.1, 0.15) is 0 Å². The van der Waals surface area contributed by atoms with Crippen molar-refractivity contribution in [3.8, 4) is 0 Å². The summed E-state index contributed by atoms with van der Waals surface area (Å²) in [6, 6.07) is 4.70. The molecule has 1 rings (SSSR count). The average molecular weight is 236 g/mol. The van der Waals surface area contributed by atoms with Crippen LogP contribution in [0, 0.1) is 0 Å². The third kappa shape index (κ3) is 2.92. The normalized spacial score (nSPS) is 11.1. The van der Waals surface area contributed by atoms with E-state index in [1.54, 1.807) is 24.3 Å². The Morgan fingerprint density at radius 3 is 2.31 bits per heavy atom. The molecule has 0 aliphatic carbocycles. The van der Waals surface area contributed by atoms with Gasteiger partial charge in [-0.25, -0.2) is 0 Å². The first-order valence-corrected chi connectivity index (χ1v) is 6.40. The lowest BCUT2D eigenvalue weighted by molar-refractivity contribution is -0.308. The summed E-state index contributed by atoms with van der Waals surface area (Å²) in [5.74, 6) is 0. The molecule has 4 heteroatoms. The highest BCUT2D eigenvalue weighted by atomic mass is 31.2. The monoisotopic (exact) mass is 236 g/mol. The van der Waals surface area contributed by atoms with E-state index in [-0.39, 0.29) is 5.30 Å². The molecule has 16 heavy (non-hydrogen) atoms. The summed E-state index contributed by atoms with van der Waals surface area (Å²) in [6.45, 7) is 7.16. The van der Waals surface area contributed by atoms with Gasteiger partial charge in [-0.2, -0.15) is 0 Å². The molecule has 0 amide bonds. The second-order valence-electron chi connectivity index (χ2n) is 3.40. The minimum Gasteiger partial charge on any atom is -0.807 e. The van der Waals surface area contributed by atoms with Crippen LogP contribution in [0.1, 0.15) is 11.1 Å². The highest BCUT2D eigenvalue weighted by molar-refractivity contribution is 7.57. The van der Waals surface area contributed by atoms with E-state index in [1.165, 1.54) is 6.07 Å². The van der Waals surface area contributed by atoms with Gasteiger partial charge in [-0.3, -0.25) is 0 Å². The largest absolute Gasteiger partial charge is 0.807 e. The fourth-order valence-electron chi connectivity index (χ4n) is 1.60. The summed E-state index contributed by atoms with van der Waals surface area (Å²) in [7, 11) is -4.72. The fourth-order valence-corrected chi connectivity index (χ4v) is 2.44. The Labute approximate surface area is 95.3 Å². The molecule has 3 nitrogen and oxygen atoms in total. The molecule has 0 spiro atoms. The minimum atomic E-state index is -4.72. The summed E-state index contributed by atoms with van der Waals surface area (Å²) >= 11 is 0. The van der Waals surface area contributed by atoms with E-state index in [0.717, 1.165) is 5.56 Å². The third-order valence-electron chi connectivity index (χ3n) is 2.26. The van der Waals surface area contributed by atoms with Crippen LogP contribution >= 0.6 is 7.60 Å². The minimum absolute atomic E-state index is 0.133. The predicted molar refractivity (Wildman–Crippen MR) is 61.5 cm³/mol. The molecule has 0 saturated heterocycles. The zero-order chi connectivity index (χ0) is 12.2. The maximum atomic E-state index is 11.1. The summed E-state index contributed by atoms with van der Waals surface area (Å²) < 4.78 is 11.1. The molecule has 1 aromatic rings. The molecular weight excluding hydrogens is 223 g/mol. The van der Waals surface area contributed by atoms with E-state index in [4.69, 9.17) is 0 Å². The molecule has 0 fully saturated rings. The van der Waals surface area contributed by atoms with E-state index in [9.17, 15) is 14.4 Å². The lowest BCUT2D eigenvalue weighted by Crippen LogP contribution is -2.28. The number of hydrogen-bond acceptors (Lipinski definition) is 3. The van der Waals surface area contributed by atoms with Crippen molar-refractivity contribution in [3.05, 3.63) is 54.6 Å². The van der Waals surface area contributed by atoms with Crippen molar-refractivity contribution in [2.24, 2.45) is 0 Å². The molecule has 0 aromatic heterocycles. The second-order valence-corrected chi connectivity index (χ2v) is 4.87. The Hall–Kier alpha value is -1.15. The van der Waals surface area contributed by atoms with Crippen LogP contribution in [0.25, 0.3) is 0 Å². The van der Waals surface area contributed by atoms with Gasteiger partial charge in [0.05, 0.1) is 0 Å². The van der Waals surface area contributed by atoms with Crippen molar-refractivity contribution < 1.29 is 14.4 Å². The van der Waals surface area contributed by atoms with Gasteiger partial charge in [0.2, 0.25) is 0 Å². The van der Waals surface area contributed by atoms with Crippen LogP contribution in [-0.4, -0.2) is 0 Å². The Balaban J connectivity index is 3.37. The molecule has 0 aliphatic rings. The summed E-state index contributed by atoms with van der Waals surface area (Å²) in [5, 5.41) is -0.133. The highest BCUT2D eigenvalue weighted by Gasteiger charge is 2.08. The number of hydrogen-bond donors (Lipinski definition) is 0. The topological polar surface area (TPSA) is 63.2 Å². The first-order valence-electron chi connectivity index (χ1n) is 4.86. The quantitative estimate of drug-likeness (QED) is 0.558. The van der Waals surface area contributed by atoms with Crippen LogP contribution in [0.4, 0.5) is 0 Å². The SMILES string of the molecule is C=CCc1cccc(P(=O)([O-])[O-])c1CC=C. The summed E-state index contributed by atoms with van der Waals surface area (Å²) in [5.41, 5.74) is 1.34. The van der Waals surface area contributed by atoms with Crippen LogP contribution in [0.3, 0.4) is 0 Å². The van der Waals surface area contributed by atoms with Crippen molar-refractivity contribution >= 4 is 12.9 Å². The first kappa shape index (κ1) is 12.9. The van der Waals surface area contributed by atoms with Gasteiger partial charge >= 0.3 is 0 Å². The van der Waals surface area contributed by atoms with E-state index >= 15 is 0 Å². The molecule has 0 heterocycles. The van der Waals surface area contributed by atoms with Gasteiger partial charge in [-0.05, 0) is 36.9 Å². The van der Waals surface area contributed by atoms with Crippen molar-refractivity contribution in [1.29, 1.82) is 0 Å². The molecule has 0 atom stereocenters. The van der Waals surface area contributed by atoms with Crippen LogP contribution in [0.5, 0.6) is 0 Å². The van der Waals surface area contributed by atoms with Gasteiger partial charge < -0.3 is 14.4 Å². The molecule has 0 bridgehead atoms. The Kier molecular flexibility index (Phi) is 4.25. The zero-order valence-corrected chi connectivity index (χ0v) is 9.78. The molecular formula is C12H13O3P-2. The molecule has 0 N–H and O–H groups in total. The fraction of sp³-hybridized carbons (Fsp3) is 0.167. The smallest absolute Gasteiger partial charge is 0.00907 e. The number of allylic oxidation sites excluding steroid dienone is 2. The standard InChI is InChI=1S/C12H15O3P/c1-3-6-10-8-5-9-12(16(13,14)15)11(10)7-4-2/h3-5,8-9H,1-2,6-7H2,(H2,13,14,15)/p-2. The van der Waals surface area contributed by atoms with Gasteiger partial charge in [0, 0.05) is 0 Å². The van der Waals surface area contributed by atoms with E-state index in [2.05, 4.69) is 13.2 Å². The molecule has 1 aromatic carbocycles. The average Bonchev–Trinajstić information content (AvgIpc) is 2.19. The van der Waals surface area contributed by atoms with Crippen molar-refractivity contribution in [1.82, 2.24) is 0 Å². The summed E-state index contributed by atoms with van der Waals surface area (Å²) in [6.07, 6.45) is 4.16. The van der Waals surface area contributed by atoms with Gasteiger partial charge in [0.25, 0.3) is 0 Å². The van der Waals surface area contributed by atoms with Crippen molar-refractivity contribution in [2.75, 3.05) is 0 Å². The van der Waals surface area contributed by atoms with E-state index in [0.29, 0.717) is 18.4 Å². The van der Waals surface area contributed by atoms with Crippen molar-refractivity contribution in [2.45, 2.75) is 12.8 Å². The van der Waals surface area contributed by atoms with Gasteiger partial charge in [0.15, 0.2) is 0 Å². The maximum Gasteiger partial charge on any atom is -0.00907 e. The Morgan fingerprint density at radius 1 is 1.19 bits per heavy atom. The third-order valence-corrected chi connectivity index (χ3v) is 3.27. The zero-order valence-electron chi connectivity index (χ0n) is 8.89. The van der Waals surface area contributed by atoms with Crippen LogP contribution in [0.15, 0.2) is 43.5 Å². The number of rotatable bonds is 5. The molecule has 0 aliphatic heterocycles. The van der Waals surface area contributed by atoms with Gasteiger partial charge in [-0.15, -0.1) is 13.2 Å². The second kappa shape index (κ2) is 5.26. The van der Waals surface area contributed by atoms with Gasteiger partial charge in [-0.1, -0.05) is 30.4 Å².